The summed E-state index contributed by atoms with van der Waals surface area (Å²) >= 11 is 12.6. The molecule has 0 aliphatic heterocycles. The number of halogens is 2. The van der Waals surface area contributed by atoms with Gasteiger partial charge >= 0.3 is 0 Å². The van der Waals surface area contributed by atoms with Crippen LogP contribution in [0.1, 0.15) is 19.4 Å². The lowest BCUT2D eigenvalue weighted by Crippen LogP contribution is -2.36. The molecule has 0 aliphatic rings. The van der Waals surface area contributed by atoms with Crippen molar-refractivity contribution in [2.24, 2.45) is 0 Å². The van der Waals surface area contributed by atoms with Crippen LogP contribution >= 0.6 is 34.5 Å². The quantitative estimate of drug-likeness (QED) is 0.803. The number of thiazole rings is 1. The maximum Gasteiger partial charge on any atom is 0.254 e. The first-order valence-electron chi connectivity index (χ1n) is 6.18. The average molecular weight is 365 g/mol. The molecule has 8 heteroatoms. The Morgan fingerprint density at radius 2 is 2.05 bits per heavy atom. The number of aromatic nitrogens is 1. The Kier molecular flexibility index (Phi) is 5.27. The zero-order valence-electron chi connectivity index (χ0n) is 11.5. The number of hydrogen-bond acceptors (Lipinski definition) is 4. The van der Waals surface area contributed by atoms with Crippen LogP contribution in [0.25, 0.3) is 0 Å². The third-order valence-corrected chi connectivity index (χ3v) is 6.63. The summed E-state index contributed by atoms with van der Waals surface area (Å²) < 4.78 is 27.1. The molecule has 0 unspecified atom stereocenters. The fraction of sp³-hybridized carbons (Fsp3) is 0.308. The maximum absolute atomic E-state index is 12.7. The van der Waals surface area contributed by atoms with Gasteiger partial charge in [0.1, 0.15) is 0 Å². The van der Waals surface area contributed by atoms with Crippen molar-refractivity contribution in [3.05, 3.63) is 45.5 Å². The first-order chi connectivity index (χ1) is 9.80. The Morgan fingerprint density at radius 3 is 2.57 bits per heavy atom. The molecule has 0 radical (unpaired) electrons. The van der Waals surface area contributed by atoms with Gasteiger partial charge in [-0.05, 0) is 31.5 Å². The van der Waals surface area contributed by atoms with Gasteiger partial charge in [0.15, 0.2) is 8.68 Å². The summed E-state index contributed by atoms with van der Waals surface area (Å²) in [6, 6.07) is 6.95. The number of nitrogens with zero attached hydrogens (tertiary/aromatic N) is 2. The second-order valence-electron chi connectivity index (χ2n) is 4.71. The molecule has 0 atom stereocenters. The van der Waals surface area contributed by atoms with Crippen LogP contribution < -0.4 is 0 Å². The molecule has 0 spiro atoms. The van der Waals surface area contributed by atoms with Gasteiger partial charge in [-0.1, -0.05) is 46.7 Å². The largest absolute Gasteiger partial charge is 0.254 e. The summed E-state index contributed by atoms with van der Waals surface area (Å²) in [6.45, 7) is 3.89. The van der Waals surface area contributed by atoms with Gasteiger partial charge in [0.05, 0.1) is 6.20 Å². The number of rotatable bonds is 5. The molecule has 114 valence electrons. The highest BCUT2D eigenvalue weighted by molar-refractivity contribution is 7.91. The molecular formula is C13H14Cl2N2O2S2. The summed E-state index contributed by atoms with van der Waals surface area (Å²) in [7, 11) is -3.63. The summed E-state index contributed by atoms with van der Waals surface area (Å²) in [5.74, 6) is 0. The fourth-order valence-corrected chi connectivity index (χ4v) is 5.10. The van der Waals surface area contributed by atoms with E-state index in [0.717, 1.165) is 16.9 Å². The van der Waals surface area contributed by atoms with Gasteiger partial charge in [-0.15, -0.1) is 0 Å². The van der Waals surface area contributed by atoms with Crippen molar-refractivity contribution in [1.29, 1.82) is 0 Å². The smallest absolute Gasteiger partial charge is 0.232 e. The highest BCUT2D eigenvalue weighted by atomic mass is 35.5. The fourth-order valence-electron chi connectivity index (χ4n) is 1.83. The van der Waals surface area contributed by atoms with Crippen LogP contribution in [0.15, 0.2) is 34.7 Å². The predicted molar refractivity (Wildman–Crippen MR) is 86.4 cm³/mol. The van der Waals surface area contributed by atoms with Crippen LogP contribution in [0, 0.1) is 0 Å². The molecule has 21 heavy (non-hydrogen) atoms. The van der Waals surface area contributed by atoms with Crippen molar-refractivity contribution in [1.82, 2.24) is 9.29 Å². The van der Waals surface area contributed by atoms with Gasteiger partial charge in [0, 0.05) is 17.6 Å². The van der Waals surface area contributed by atoms with Crippen molar-refractivity contribution in [3.63, 3.8) is 0 Å². The van der Waals surface area contributed by atoms with Crippen molar-refractivity contribution in [2.75, 3.05) is 0 Å². The molecule has 0 saturated heterocycles. The van der Waals surface area contributed by atoms with Crippen LogP contribution in [-0.2, 0) is 16.6 Å². The Labute approximate surface area is 138 Å². The third-order valence-electron chi connectivity index (χ3n) is 2.82. The monoisotopic (exact) mass is 364 g/mol. The zero-order chi connectivity index (χ0) is 15.6. The van der Waals surface area contributed by atoms with E-state index in [4.69, 9.17) is 23.2 Å². The molecule has 1 aromatic carbocycles. The first kappa shape index (κ1) is 16.7. The Morgan fingerprint density at radius 1 is 1.33 bits per heavy atom. The highest BCUT2D eigenvalue weighted by Crippen LogP contribution is 2.28. The molecule has 0 N–H and O–H groups in total. The molecule has 2 rings (SSSR count). The van der Waals surface area contributed by atoms with E-state index in [1.807, 2.05) is 19.9 Å². The van der Waals surface area contributed by atoms with Crippen LogP contribution in [0.5, 0.6) is 0 Å². The molecule has 0 fully saturated rings. The van der Waals surface area contributed by atoms with Crippen molar-refractivity contribution in [3.8, 4) is 0 Å². The number of benzene rings is 1. The molecule has 0 bridgehead atoms. The third kappa shape index (κ3) is 3.96. The predicted octanol–water partition coefficient (Wildman–Crippen LogP) is 4.05. The lowest BCUT2D eigenvalue weighted by Gasteiger charge is -2.25. The van der Waals surface area contributed by atoms with Crippen molar-refractivity contribution in [2.45, 2.75) is 30.6 Å². The topological polar surface area (TPSA) is 50.3 Å². The van der Waals surface area contributed by atoms with E-state index in [-0.39, 0.29) is 21.3 Å². The maximum atomic E-state index is 12.7. The van der Waals surface area contributed by atoms with Gasteiger partial charge in [-0.25, -0.2) is 13.4 Å². The van der Waals surface area contributed by atoms with Crippen molar-refractivity contribution < 1.29 is 8.42 Å². The van der Waals surface area contributed by atoms with E-state index in [9.17, 15) is 8.42 Å². The van der Waals surface area contributed by atoms with E-state index >= 15 is 0 Å². The van der Waals surface area contributed by atoms with E-state index in [0.29, 0.717) is 5.02 Å². The second-order valence-corrected chi connectivity index (χ2v) is 8.87. The summed E-state index contributed by atoms with van der Waals surface area (Å²) in [5.41, 5.74) is 0.829. The molecular weight excluding hydrogens is 351 g/mol. The minimum atomic E-state index is -3.63. The van der Waals surface area contributed by atoms with Crippen molar-refractivity contribution >= 4 is 44.6 Å². The molecule has 0 saturated carbocycles. The lowest BCUT2D eigenvalue weighted by atomic mass is 10.2. The molecule has 0 aliphatic carbocycles. The normalized spacial score (nSPS) is 12.3. The molecule has 2 aromatic rings. The molecule has 4 nitrogen and oxygen atoms in total. The molecule has 1 heterocycles. The summed E-state index contributed by atoms with van der Waals surface area (Å²) in [6.07, 6.45) is 1.29. The van der Waals surface area contributed by atoms with Crippen LogP contribution in [0.2, 0.25) is 9.49 Å². The van der Waals surface area contributed by atoms with Crippen LogP contribution in [0.4, 0.5) is 0 Å². The Balaban J connectivity index is 2.35. The Hall–Kier alpha value is -0.660. The first-order valence-corrected chi connectivity index (χ1v) is 9.19. The Bertz CT molecular complexity index is 729. The van der Waals surface area contributed by atoms with Gasteiger partial charge in [0.2, 0.25) is 0 Å². The standard InChI is InChI=1S/C13H14Cl2N2O2S2/c1-9(2)17(8-10-4-3-5-11(14)6-10)21(18,19)12-7-16-13(15)20-12/h3-7,9H,8H2,1-2H3. The van der Waals surface area contributed by atoms with E-state index in [1.165, 1.54) is 10.5 Å². The zero-order valence-corrected chi connectivity index (χ0v) is 14.6. The van der Waals surface area contributed by atoms with Gasteiger partial charge in [-0.3, -0.25) is 0 Å². The summed E-state index contributed by atoms with van der Waals surface area (Å²) in [4.78, 5) is 3.80. The SMILES string of the molecule is CC(C)N(Cc1cccc(Cl)c1)S(=O)(=O)c1cnc(Cl)s1. The van der Waals surface area contributed by atoms with E-state index in [1.54, 1.807) is 18.2 Å². The molecule has 1 aromatic heterocycles. The van der Waals surface area contributed by atoms with Crippen LogP contribution in [0.3, 0.4) is 0 Å². The highest BCUT2D eigenvalue weighted by Gasteiger charge is 2.29. The second kappa shape index (κ2) is 6.62. The van der Waals surface area contributed by atoms with Gasteiger partial charge in [0.25, 0.3) is 10.0 Å². The number of hydrogen-bond donors (Lipinski definition) is 0. The minimum absolute atomic E-state index is 0.142. The van der Waals surface area contributed by atoms with Gasteiger partial charge < -0.3 is 0 Å². The van der Waals surface area contributed by atoms with Gasteiger partial charge in [-0.2, -0.15) is 4.31 Å². The van der Waals surface area contributed by atoms with E-state index in [2.05, 4.69) is 4.98 Å². The lowest BCUT2D eigenvalue weighted by molar-refractivity contribution is 0.349. The summed E-state index contributed by atoms with van der Waals surface area (Å²) in [5, 5.41) is 0.578. The van der Waals surface area contributed by atoms with E-state index < -0.39 is 10.0 Å². The minimum Gasteiger partial charge on any atom is -0.232 e. The van der Waals surface area contributed by atoms with Crippen LogP contribution in [-0.4, -0.2) is 23.7 Å². The molecule has 0 amide bonds. The average Bonchev–Trinajstić information content (AvgIpc) is 2.83. The number of sulfonamides is 1.